The van der Waals surface area contributed by atoms with Crippen LogP contribution in [0.15, 0.2) is 0 Å². The minimum atomic E-state index is 0.220. The van der Waals surface area contributed by atoms with Crippen molar-refractivity contribution in [2.45, 2.75) is 51.9 Å². The van der Waals surface area contributed by atoms with E-state index in [-0.39, 0.29) is 5.91 Å². The van der Waals surface area contributed by atoms with E-state index < -0.39 is 0 Å². The molecule has 0 atom stereocenters. The maximum atomic E-state index is 11.2. The van der Waals surface area contributed by atoms with Crippen molar-refractivity contribution in [3.05, 3.63) is 0 Å². The van der Waals surface area contributed by atoms with Crippen LogP contribution in [0.4, 0.5) is 0 Å². The number of hydrogen-bond donors (Lipinski definition) is 1. The minimum Gasteiger partial charge on any atom is -0.355 e. The van der Waals surface area contributed by atoms with Crippen molar-refractivity contribution in [3.8, 4) is 0 Å². The first-order valence-electron chi connectivity index (χ1n) is 5.64. The lowest BCUT2D eigenvalue weighted by Crippen LogP contribution is -2.24. The standard InChI is InChI=1S/C11H22INO/c1-2-3-4-5-6-7-8-11(14)13-10-9-12/h2-10H2,1H3,(H,13,14). The fourth-order valence-corrected chi connectivity index (χ4v) is 1.61. The van der Waals surface area contributed by atoms with Gasteiger partial charge in [0.25, 0.3) is 0 Å². The number of carbonyl (C=O) groups is 1. The monoisotopic (exact) mass is 311 g/mol. The topological polar surface area (TPSA) is 29.1 Å². The largest absolute Gasteiger partial charge is 0.355 e. The van der Waals surface area contributed by atoms with Gasteiger partial charge >= 0.3 is 0 Å². The van der Waals surface area contributed by atoms with Gasteiger partial charge in [0, 0.05) is 17.4 Å². The van der Waals surface area contributed by atoms with E-state index in [1.807, 2.05) is 0 Å². The predicted molar refractivity (Wildman–Crippen MR) is 69.9 cm³/mol. The molecular formula is C11H22INO. The Bertz CT molecular complexity index is 139. The quantitative estimate of drug-likeness (QED) is 0.395. The molecule has 0 saturated heterocycles. The van der Waals surface area contributed by atoms with E-state index in [9.17, 15) is 4.79 Å². The summed E-state index contributed by atoms with van der Waals surface area (Å²) in [6.07, 6.45) is 8.20. The molecule has 0 fully saturated rings. The van der Waals surface area contributed by atoms with Gasteiger partial charge in [-0.1, -0.05) is 61.6 Å². The van der Waals surface area contributed by atoms with E-state index in [0.29, 0.717) is 6.42 Å². The van der Waals surface area contributed by atoms with Crippen molar-refractivity contribution in [3.63, 3.8) is 0 Å². The molecule has 1 N–H and O–H groups in total. The Balaban J connectivity index is 3.07. The Morgan fingerprint density at radius 3 is 2.43 bits per heavy atom. The Hall–Kier alpha value is 0.200. The zero-order chi connectivity index (χ0) is 10.6. The zero-order valence-electron chi connectivity index (χ0n) is 9.15. The average Bonchev–Trinajstić information content (AvgIpc) is 2.20. The molecule has 3 heteroatoms. The van der Waals surface area contributed by atoms with E-state index in [1.54, 1.807) is 0 Å². The molecular weight excluding hydrogens is 289 g/mol. The molecule has 0 aromatic carbocycles. The first-order chi connectivity index (χ1) is 6.81. The molecule has 2 nitrogen and oxygen atoms in total. The van der Waals surface area contributed by atoms with Crippen LogP contribution in [-0.4, -0.2) is 16.9 Å². The van der Waals surface area contributed by atoms with Gasteiger partial charge in [-0.05, 0) is 6.42 Å². The Morgan fingerprint density at radius 1 is 1.14 bits per heavy atom. The van der Waals surface area contributed by atoms with Crippen LogP contribution in [0.3, 0.4) is 0 Å². The van der Waals surface area contributed by atoms with Crippen molar-refractivity contribution in [1.29, 1.82) is 0 Å². The second-order valence-electron chi connectivity index (χ2n) is 3.56. The second-order valence-corrected chi connectivity index (χ2v) is 4.64. The van der Waals surface area contributed by atoms with Crippen molar-refractivity contribution >= 4 is 28.5 Å². The normalized spacial score (nSPS) is 10.1. The first-order valence-corrected chi connectivity index (χ1v) is 7.16. The van der Waals surface area contributed by atoms with E-state index in [0.717, 1.165) is 17.4 Å². The van der Waals surface area contributed by atoms with Crippen LogP contribution in [0.1, 0.15) is 51.9 Å². The summed E-state index contributed by atoms with van der Waals surface area (Å²) in [5, 5.41) is 2.89. The molecule has 0 heterocycles. The summed E-state index contributed by atoms with van der Waals surface area (Å²) >= 11 is 2.27. The highest BCUT2D eigenvalue weighted by Crippen LogP contribution is 2.06. The second kappa shape index (κ2) is 11.3. The number of carbonyl (C=O) groups excluding carboxylic acids is 1. The average molecular weight is 311 g/mol. The molecule has 0 bridgehead atoms. The highest BCUT2D eigenvalue weighted by molar-refractivity contribution is 14.1. The van der Waals surface area contributed by atoms with Gasteiger partial charge in [0.15, 0.2) is 0 Å². The predicted octanol–water partition coefficient (Wildman–Crippen LogP) is 3.29. The molecule has 84 valence electrons. The zero-order valence-corrected chi connectivity index (χ0v) is 11.3. The number of halogens is 1. The molecule has 0 spiro atoms. The van der Waals surface area contributed by atoms with Gasteiger partial charge in [-0.3, -0.25) is 4.79 Å². The molecule has 0 aromatic rings. The van der Waals surface area contributed by atoms with Crippen molar-refractivity contribution in [2.24, 2.45) is 0 Å². The highest BCUT2D eigenvalue weighted by atomic mass is 127. The molecule has 0 saturated carbocycles. The van der Waals surface area contributed by atoms with Crippen molar-refractivity contribution < 1.29 is 4.79 Å². The maximum Gasteiger partial charge on any atom is 0.220 e. The van der Waals surface area contributed by atoms with Gasteiger partial charge in [-0.15, -0.1) is 0 Å². The lowest BCUT2D eigenvalue weighted by atomic mass is 10.1. The smallest absolute Gasteiger partial charge is 0.220 e. The van der Waals surface area contributed by atoms with Crippen LogP contribution in [0, 0.1) is 0 Å². The summed E-state index contributed by atoms with van der Waals surface area (Å²) in [7, 11) is 0. The third kappa shape index (κ3) is 10.3. The lowest BCUT2D eigenvalue weighted by Gasteiger charge is -2.02. The molecule has 0 aliphatic carbocycles. The van der Waals surface area contributed by atoms with Gasteiger partial charge in [0.2, 0.25) is 5.91 Å². The summed E-state index contributed by atoms with van der Waals surface area (Å²) in [4.78, 5) is 11.2. The molecule has 0 radical (unpaired) electrons. The molecule has 1 amide bonds. The molecule has 0 rings (SSSR count). The van der Waals surface area contributed by atoms with Gasteiger partial charge in [0.05, 0.1) is 0 Å². The molecule has 0 aromatic heterocycles. The van der Waals surface area contributed by atoms with Gasteiger partial charge < -0.3 is 5.32 Å². The molecule has 0 aliphatic rings. The molecule has 14 heavy (non-hydrogen) atoms. The van der Waals surface area contributed by atoms with Crippen LogP contribution in [-0.2, 0) is 4.79 Å². The number of unbranched alkanes of at least 4 members (excludes halogenated alkanes) is 5. The van der Waals surface area contributed by atoms with Gasteiger partial charge in [-0.2, -0.15) is 0 Å². The first kappa shape index (κ1) is 14.2. The van der Waals surface area contributed by atoms with E-state index in [4.69, 9.17) is 0 Å². The lowest BCUT2D eigenvalue weighted by molar-refractivity contribution is -0.121. The maximum absolute atomic E-state index is 11.2. The summed E-state index contributed by atoms with van der Waals surface area (Å²) in [5.74, 6) is 0.220. The highest BCUT2D eigenvalue weighted by Gasteiger charge is 1.98. The summed E-state index contributed by atoms with van der Waals surface area (Å²) in [6, 6.07) is 0. The summed E-state index contributed by atoms with van der Waals surface area (Å²) in [6.45, 7) is 3.03. The third-order valence-electron chi connectivity index (χ3n) is 2.17. The summed E-state index contributed by atoms with van der Waals surface area (Å²) in [5.41, 5.74) is 0. The molecule has 0 aliphatic heterocycles. The Morgan fingerprint density at radius 2 is 1.79 bits per heavy atom. The van der Waals surface area contributed by atoms with Crippen molar-refractivity contribution in [1.82, 2.24) is 5.32 Å². The number of alkyl halides is 1. The van der Waals surface area contributed by atoms with Crippen LogP contribution in [0.2, 0.25) is 0 Å². The van der Waals surface area contributed by atoms with Crippen molar-refractivity contribution in [2.75, 3.05) is 11.0 Å². The number of nitrogens with one attached hydrogen (secondary N) is 1. The van der Waals surface area contributed by atoms with Crippen LogP contribution in [0.5, 0.6) is 0 Å². The third-order valence-corrected chi connectivity index (χ3v) is 2.71. The number of rotatable bonds is 9. The van der Waals surface area contributed by atoms with Crippen LogP contribution in [0.25, 0.3) is 0 Å². The fourth-order valence-electron chi connectivity index (χ4n) is 1.34. The molecule has 0 unspecified atom stereocenters. The summed E-state index contributed by atoms with van der Waals surface area (Å²) < 4.78 is 1.00. The van der Waals surface area contributed by atoms with Gasteiger partial charge in [-0.25, -0.2) is 0 Å². The number of amides is 1. The minimum absolute atomic E-state index is 0.220. The van der Waals surface area contributed by atoms with E-state index in [2.05, 4.69) is 34.8 Å². The number of hydrogen-bond acceptors (Lipinski definition) is 1. The van der Waals surface area contributed by atoms with Crippen LogP contribution >= 0.6 is 22.6 Å². The Labute approximate surface area is 101 Å². The Kier molecular flexibility index (Phi) is 11.4. The van der Waals surface area contributed by atoms with E-state index >= 15 is 0 Å². The SMILES string of the molecule is CCCCCCCCC(=O)NCCI. The van der Waals surface area contributed by atoms with E-state index in [1.165, 1.54) is 32.1 Å². The van der Waals surface area contributed by atoms with Gasteiger partial charge in [0.1, 0.15) is 0 Å². The fraction of sp³-hybridized carbons (Fsp3) is 0.909. The van der Waals surface area contributed by atoms with Crippen LogP contribution < -0.4 is 5.32 Å².